The SMILES string of the molecule is CC1CCCCN1S(=O)(=O)c1ccc(C(=O)Nc2nnc(-c3ccsc3)o2)cc1. The number of aromatic nitrogens is 2. The summed E-state index contributed by atoms with van der Waals surface area (Å²) in [7, 11) is -3.57. The Morgan fingerprint density at radius 1 is 1.21 bits per heavy atom. The molecule has 3 aromatic rings. The lowest BCUT2D eigenvalue weighted by Crippen LogP contribution is -2.41. The summed E-state index contributed by atoms with van der Waals surface area (Å²) >= 11 is 1.50. The van der Waals surface area contributed by atoms with E-state index in [1.807, 2.05) is 23.8 Å². The molecule has 1 saturated heterocycles. The van der Waals surface area contributed by atoms with E-state index in [0.717, 1.165) is 24.8 Å². The highest BCUT2D eigenvalue weighted by molar-refractivity contribution is 7.89. The zero-order chi connectivity index (χ0) is 20.4. The fraction of sp³-hybridized carbons (Fsp3) is 0.316. The number of amides is 1. The molecule has 0 saturated carbocycles. The van der Waals surface area contributed by atoms with Crippen LogP contribution in [0.5, 0.6) is 0 Å². The summed E-state index contributed by atoms with van der Waals surface area (Å²) in [6, 6.07) is 7.67. The zero-order valence-corrected chi connectivity index (χ0v) is 17.4. The van der Waals surface area contributed by atoms with E-state index in [4.69, 9.17) is 4.42 Å². The van der Waals surface area contributed by atoms with Crippen LogP contribution in [0.15, 0.2) is 50.4 Å². The lowest BCUT2D eigenvalue weighted by atomic mass is 10.1. The van der Waals surface area contributed by atoms with Crippen molar-refractivity contribution in [3.05, 3.63) is 46.7 Å². The molecule has 8 nitrogen and oxygen atoms in total. The van der Waals surface area contributed by atoms with E-state index in [-0.39, 0.29) is 17.0 Å². The number of thiophene rings is 1. The van der Waals surface area contributed by atoms with Crippen LogP contribution in [-0.4, -0.2) is 41.4 Å². The Morgan fingerprint density at radius 2 is 2.00 bits per heavy atom. The van der Waals surface area contributed by atoms with E-state index >= 15 is 0 Å². The quantitative estimate of drug-likeness (QED) is 0.660. The number of sulfonamides is 1. The van der Waals surface area contributed by atoms with Crippen molar-refractivity contribution in [2.75, 3.05) is 11.9 Å². The van der Waals surface area contributed by atoms with Gasteiger partial charge in [-0.15, -0.1) is 5.10 Å². The highest BCUT2D eigenvalue weighted by atomic mass is 32.2. The van der Waals surface area contributed by atoms with Gasteiger partial charge in [0.15, 0.2) is 0 Å². The number of carbonyl (C=O) groups is 1. The zero-order valence-electron chi connectivity index (χ0n) is 15.7. The third-order valence-corrected chi connectivity index (χ3v) is 7.59. The number of nitrogens with one attached hydrogen (secondary N) is 1. The summed E-state index contributed by atoms with van der Waals surface area (Å²) in [4.78, 5) is 12.6. The molecule has 1 amide bonds. The summed E-state index contributed by atoms with van der Waals surface area (Å²) in [5, 5.41) is 14.0. The van der Waals surface area contributed by atoms with Crippen molar-refractivity contribution in [1.29, 1.82) is 0 Å². The second kappa shape index (κ2) is 8.05. The molecule has 1 fully saturated rings. The standard InChI is InChI=1S/C19H20N4O4S2/c1-13-4-2-3-10-23(13)29(25,26)16-7-5-14(6-8-16)17(24)20-19-22-21-18(27-19)15-9-11-28-12-15/h5-9,11-13H,2-4,10H2,1H3,(H,20,22,24). The van der Waals surface area contributed by atoms with E-state index in [2.05, 4.69) is 15.5 Å². The van der Waals surface area contributed by atoms with E-state index < -0.39 is 15.9 Å². The van der Waals surface area contributed by atoms with Crippen molar-refractivity contribution in [2.45, 2.75) is 37.1 Å². The number of nitrogens with zero attached hydrogens (tertiary/aromatic N) is 3. The average Bonchev–Trinajstić information content (AvgIpc) is 3.40. The first-order valence-corrected chi connectivity index (χ1v) is 11.6. The molecule has 0 bridgehead atoms. The average molecular weight is 433 g/mol. The maximum Gasteiger partial charge on any atom is 0.322 e. The Labute approximate surface area is 172 Å². The highest BCUT2D eigenvalue weighted by Crippen LogP contribution is 2.26. The predicted molar refractivity (Wildman–Crippen MR) is 109 cm³/mol. The number of hydrogen-bond acceptors (Lipinski definition) is 7. The van der Waals surface area contributed by atoms with Gasteiger partial charge < -0.3 is 4.42 Å². The Hall–Kier alpha value is -2.56. The predicted octanol–water partition coefficient (Wildman–Crippen LogP) is 3.61. The molecule has 1 aliphatic heterocycles. The minimum absolute atomic E-state index is 0.0185. The first kappa shape index (κ1) is 19.7. The van der Waals surface area contributed by atoms with Gasteiger partial charge in [-0.3, -0.25) is 10.1 Å². The molecule has 1 unspecified atom stereocenters. The van der Waals surface area contributed by atoms with E-state index in [0.29, 0.717) is 18.0 Å². The van der Waals surface area contributed by atoms with Crippen molar-refractivity contribution in [1.82, 2.24) is 14.5 Å². The molecule has 3 heterocycles. The van der Waals surface area contributed by atoms with Gasteiger partial charge in [-0.05, 0) is 55.5 Å². The number of benzene rings is 1. The number of rotatable bonds is 5. The number of anilines is 1. The van der Waals surface area contributed by atoms with Crippen molar-refractivity contribution in [2.24, 2.45) is 0 Å². The lowest BCUT2D eigenvalue weighted by Gasteiger charge is -2.32. The molecule has 0 spiro atoms. The first-order chi connectivity index (χ1) is 13.9. The van der Waals surface area contributed by atoms with Crippen molar-refractivity contribution in [3.8, 4) is 11.5 Å². The Kier molecular flexibility index (Phi) is 5.48. The van der Waals surface area contributed by atoms with Crippen LogP contribution >= 0.6 is 11.3 Å². The van der Waals surface area contributed by atoms with Gasteiger partial charge in [0.1, 0.15) is 0 Å². The molecule has 0 radical (unpaired) electrons. The van der Waals surface area contributed by atoms with Gasteiger partial charge in [0, 0.05) is 29.1 Å². The molecule has 1 aromatic carbocycles. The summed E-state index contributed by atoms with van der Waals surface area (Å²) in [5.74, 6) is -0.139. The van der Waals surface area contributed by atoms with Gasteiger partial charge in [-0.2, -0.15) is 15.6 Å². The van der Waals surface area contributed by atoms with Crippen LogP contribution in [-0.2, 0) is 10.0 Å². The molecule has 0 aliphatic carbocycles. The Bertz CT molecular complexity index is 1090. The molecule has 152 valence electrons. The van der Waals surface area contributed by atoms with Gasteiger partial charge in [0.25, 0.3) is 11.8 Å². The van der Waals surface area contributed by atoms with Crippen LogP contribution < -0.4 is 5.32 Å². The third-order valence-electron chi connectivity index (χ3n) is 4.88. The van der Waals surface area contributed by atoms with Crippen LogP contribution in [0.1, 0.15) is 36.5 Å². The minimum atomic E-state index is -3.57. The van der Waals surface area contributed by atoms with Gasteiger partial charge in [0.05, 0.1) is 4.90 Å². The molecule has 1 atom stereocenters. The molecular formula is C19H20N4O4S2. The van der Waals surface area contributed by atoms with Gasteiger partial charge in [-0.1, -0.05) is 11.5 Å². The fourth-order valence-corrected chi connectivity index (χ4v) is 5.62. The molecule has 29 heavy (non-hydrogen) atoms. The summed E-state index contributed by atoms with van der Waals surface area (Å²) in [5.41, 5.74) is 1.08. The summed E-state index contributed by atoms with van der Waals surface area (Å²) in [6.45, 7) is 2.45. The highest BCUT2D eigenvalue weighted by Gasteiger charge is 2.31. The minimum Gasteiger partial charge on any atom is -0.403 e. The maximum atomic E-state index is 12.9. The number of piperidine rings is 1. The number of hydrogen-bond donors (Lipinski definition) is 1. The molecule has 4 rings (SSSR count). The normalized spacial score (nSPS) is 17.9. The van der Waals surface area contributed by atoms with Crippen LogP contribution in [0.4, 0.5) is 6.01 Å². The Balaban J connectivity index is 1.47. The van der Waals surface area contributed by atoms with Crippen LogP contribution in [0.3, 0.4) is 0 Å². The van der Waals surface area contributed by atoms with Crippen molar-refractivity contribution >= 4 is 33.3 Å². The Morgan fingerprint density at radius 3 is 2.69 bits per heavy atom. The summed E-state index contributed by atoms with van der Waals surface area (Å²) in [6.07, 6.45) is 2.76. The van der Waals surface area contributed by atoms with Gasteiger partial charge >= 0.3 is 6.01 Å². The van der Waals surface area contributed by atoms with Gasteiger partial charge in [-0.25, -0.2) is 8.42 Å². The molecular weight excluding hydrogens is 412 g/mol. The second-order valence-electron chi connectivity index (χ2n) is 6.86. The first-order valence-electron chi connectivity index (χ1n) is 9.24. The van der Waals surface area contributed by atoms with Crippen LogP contribution in [0.25, 0.3) is 11.5 Å². The lowest BCUT2D eigenvalue weighted by molar-refractivity contribution is 0.102. The summed E-state index contributed by atoms with van der Waals surface area (Å²) < 4.78 is 32.7. The maximum absolute atomic E-state index is 12.9. The third kappa shape index (κ3) is 4.09. The fourth-order valence-electron chi connectivity index (χ4n) is 3.29. The van der Waals surface area contributed by atoms with Gasteiger partial charge in [0.2, 0.25) is 10.0 Å². The molecule has 10 heteroatoms. The van der Waals surface area contributed by atoms with Crippen molar-refractivity contribution < 1.29 is 17.6 Å². The van der Waals surface area contributed by atoms with Crippen molar-refractivity contribution in [3.63, 3.8) is 0 Å². The number of carbonyl (C=O) groups excluding carboxylic acids is 1. The smallest absolute Gasteiger partial charge is 0.322 e. The van der Waals surface area contributed by atoms with Crippen LogP contribution in [0.2, 0.25) is 0 Å². The largest absolute Gasteiger partial charge is 0.403 e. The second-order valence-corrected chi connectivity index (χ2v) is 9.53. The molecule has 1 aliphatic rings. The van der Waals surface area contributed by atoms with E-state index in [1.54, 1.807) is 0 Å². The molecule has 2 aromatic heterocycles. The molecule has 1 N–H and O–H groups in total. The monoisotopic (exact) mass is 432 g/mol. The topological polar surface area (TPSA) is 105 Å². The van der Waals surface area contributed by atoms with Crippen LogP contribution in [0, 0.1) is 0 Å². The van der Waals surface area contributed by atoms with E-state index in [9.17, 15) is 13.2 Å². The van der Waals surface area contributed by atoms with E-state index in [1.165, 1.54) is 39.9 Å².